The third kappa shape index (κ3) is 4.30. The average molecular weight is 284 g/mol. The predicted molar refractivity (Wildman–Crippen MR) is 78.6 cm³/mol. The lowest BCUT2D eigenvalue weighted by Gasteiger charge is -2.18. The van der Waals surface area contributed by atoms with Gasteiger partial charge in [0.05, 0.1) is 4.90 Å². The Hall–Kier alpha value is -0.910. The summed E-state index contributed by atoms with van der Waals surface area (Å²) >= 11 is 0. The zero-order valence-corrected chi connectivity index (χ0v) is 13.1. The van der Waals surface area contributed by atoms with Crippen LogP contribution in [0.25, 0.3) is 0 Å². The second-order valence-electron chi connectivity index (χ2n) is 5.27. The van der Waals surface area contributed by atoms with Gasteiger partial charge < -0.3 is 5.32 Å². The van der Waals surface area contributed by atoms with Crippen molar-refractivity contribution in [3.05, 3.63) is 29.3 Å². The van der Waals surface area contributed by atoms with Gasteiger partial charge in [-0.15, -0.1) is 0 Å². The minimum absolute atomic E-state index is 0.0842. The van der Waals surface area contributed by atoms with Crippen LogP contribution in [-0.4, -0.2) is 21.5 Å². The Morgan fingerprint density at radius 1 is 1.21 bits per heavy atom. The summed E-state index contributed by atoms with van der Waals surface area (Å²) in [5.74, 6) is 0.261. The molecule has 2 N–H and O–H groups in total. The van der Waals surface area contributed by atoms with Crippen LogP contribution in [0.2, 0.25) is 0 Å². The summed E-state index contributed by atoms with van der Waals surface area (Å²) in [6.07, 6.45) is 0. The van der Waals surface area contributed by atoms with Crippen molar-refractivity contribution in [2.45, 2.75) is 45.2 Å². The molecule has 0 aliphatic carbocycles. The quantitative estimate of drug-likeness (QED) is 0.840. The lowest BCUT2D eigenvalue weighted by molar-refractivity contribution is 0.476. The molecule has 1 aromatic carbocycles. The lowest BCUT2D eigenvalue weighted by Crippen LogP contribution is -2.36. The number of aryl methyl sites for hydroxylation is 1. The van der Waals surface area contributed by atoms with E-state index in [1.165, 1.54) is 0 Å². The molecule has 0 saturated carbocycles. The molecule has 4 nitrogen and oxygen atoms in total. The molecule has 0 spiro atoms. The van der Waals surface area contributed by atoms with Crippen molar-refractivity contribution >= 4 is 10.0 Å². The summed E-state index contributed by atoms with van der Waals surface area (Å²) in [7, 11) is -1.59. The number of rotatable bonds is 6. The normalized spacial score (nSPS) is 13.8. The first-order chi connectivity index (χ1) is 8.77. The Labute approximate surface area is 116 Å². The first-order valence-corrected chi connectivity index (χ1v) is 8.02. The Bertz CT molecular complexity index is 524. The summed E-state index contributed by atoms with van der Waals surface area (Å²) in [6, 6.07) is 5.16. The number of sulfonamides is 1. The summed E-state index contributed by atoms with van der Waals surface area (Å²) < 4.78 is 27.3. The molecule has 0 aliphatic heterocycles. The highest BCUT2D eigenvalue weighted by Crippen LogP contribution is 2.16. The maximum atomic E-state index is 12.3. The van der Waals surface area contributed by atoms with E-state index >= 15 is 0 Å². The van der Waals surface area contributed by atoms with Gasteiger partial charge in [-0.25, -0.2) is 13.1 Å². The van der Waals surface area contributed by atoms with E-state index in [0.29, 0.717) is 11.4 Å². The average Bonchev–Trinajstić information content (AvgIpc) is 2.31. The van der Waals surface area contributed by atoms with Gasteiger partial charge in [0.1, 0.15) is 0 Å². The van der Waals surface area contributed by atoms with Crippen LogP contribution in [-0.2, 0) is 16.6 Å². The molecule has 5 heteroatoms. The van der Waals surface area contributed by atoms with Crippen LogP contribution in [0.15, 0.2) is 23.1 Å². The second-order valence-corrected chi connectivity index (χ2v) is 6.99. The molecular formula is C14H24N2O2S. The molecule has 0 aromatic heterocycles. The molecule has 0 fully saturated rings. The summed E-state index contributed by atoms with van der Waals surface area (Å²) in [5.41, 5.74) is 2.09. The lowest BCUT2D eigenvalue weighted by atomic mass is 10.1. The zero-order valence-electron chi connectivity index (χ0n) is 12.3. The fourth-order valence-corrected chi connectivity index (χ4v) is 3.09. The van der Waals surface area contributed by atoms with Crippen molar-refractivity contribution in [1.82, 2.24) is 10.0 Å². The first kappa shape index (κ1) is 16.1. The Morgan fingerprint density at radius 2 is 1.84 bits per heavy atom. The highest BCUT2D eigenvalue weighted by Gasteiger charge is 2.19. The van der Waals surface area contributed by atoms with Crippen molar-refractivity contribution in [2.75, 3.05) is 7.05 Å². The topological polar surface area (TPSA) is 58.2 Å². The van der Waals surface area contributed by atoms with Gasteiger partial charge in [-0.05, 0) is 50.1 Å². The number of benzene rings is 1. The predicted octanol–water partition coefficient (Wildman–Crippen LogP) is 2.04. The molecule has 0 bridgehead atoms. The summed E-state index contributed by atoms with van der Waals surface area (Å²) in [4.78, 5) is 0.329. The van der Waals surface area contributed by atoms with E-state index in [1.807, 2.05) is 40.8 Å². The van der Waals surface area contributed by atoms with Crippen molar-refractivity contribution in [2.24, 2.45) is 5.92 Å². The number of hydrogen-bond acceptors (Lipinski definition) is 3. The maximum absolute atomic E-state index is 12.3. The summed E-state index contributed by atoms with van der Waals surface area (Å²) in [6.45, 7) is 8.51. The molecule has 0 saturated heterocycles. The SMILES string of the molecule is CNCc1cc(S(=O)(=O)NC(C)C(C)C)ccc1C. The Morgan fingerprint density at radius 3 is 2.37 bits per heavy atom. The molecule has 0 aliphatic rings. The van der Waals surface area contributed by atoms with Gasteiger partial charge in [0, 0.05) is 12.6 Å². The van der Waals surface area contributed by atoms with Gasteiger partial charge in [0.15, 0.2) is 0 Å². The molecule has 1 aromatic rings. The Balaban J connectivity index is 3.05. The van der Waals surface area contributed by atoms with E-state index in [0.717, 1.165) is 11.1 Å². The van der Waals surface area contributed by atoms with Crippen molar-refractivity contribution in [3.8, 4) is 0 Å². The number of nitrogens with one attached hydrogen (secondary N) is 2. The van der Waals surface area contributed by atoms with E-state index in [4.69, 9.17) is 0 Å². The molecule has 1 atom stereocenters. The molecule has 19 heavy (non-hydrogen) atoms. The maximum Gasteiger partial charge on any atom is 0.240 e. The van der Waals surface area contributed by atoms with E-state index < -0.39 is 10.0 Å². The molecule has 1 unspecified atom stereocenters. The van der Waals surface area contributed by atoms with Crippen LogP contribution >= 0.6 is 0 Å². The monoisotopic (exact) mass is 284 g/mol. The highest BCUT2D eigenvalue weighted by atomic mass is 32.2. The fourth-order valence-electron chi connectivity index (χ4n) is 1.64. The van der Waals surface area contributed by atoms with Crippen LogP contribution in [0.5, 0.6) is 0 Å². The number of hydrogen-bond donors (Lipinski definition) is 2. The van der Waals surface area contributed by atoms with Crippen LogP contribution in [0.4, 0.5) is 0 Å². The van der Waals surface area contributed by atoms with E-state index in [-0.39, 0.29) is 12.0 Å². The zero-order chi connectivity index (χ0) is 14.6. The van der Waals surface area contributed by atoms with Gasteiger partial charge in [-0.2, -0.15) is 0 Å². The van der Waals surface area contributed by atoms with Gasteiger partial charge in [0.25, 0.3) is 0 Å². The smallest absolute Gasteiger partial charge is 0.240 e. The minimum atomic E-state index is -3.44. The van der Waals surface area contributed by atoms with Gasteiger partial charge >= 0.3 is 0 Å². The van der Waals surface area contributed by atoms with Crippen molar-refractivity contribution < 1.29 is 8.42 Å². The van der Waals surface area contributed by atoms with Crippen molar-refractivity contribution in [1.29, 1.82) is 0 Å². The third-order valence-corrected chi connectivity index (χ3v) is 4.90. The molecule has 0 amide bonds. The highest BCUT2D eigenvalue weighted by molar-refractivity contribution is 7.89. The largest absolute Gasteiger partial charge is 0.316 e. The van der Waals surface area contributed by atoms with Crippen LogP contribution in [0.3, 0.4) is 0 Å². The van der Waals surface area contributed by atoms with Gasteiger partial charge in [-0.3, -0.25) is 0 Å². The fraction of sp³-hybridized carbons (Fsp3) is 0.571. The van der Waals surface area contributed by atoms with Crippen LogP contribution in [0.1, 0.15) is 31.9 Å². The van der Waals surface area contributed by atoms with Gasteiger partial charge in [-0.1, -0.05) is 19.9 Å². The van der Waals surface area contributed by atoms with Gasteiger partial charge in [0.2, 0.25) is 10.0 Å². The van der Waals surface area contributed by atoms with E-state index in [1.54, 1.807) is 12.1 Å². The minimum Gasteiger partial charge on any atom is -0.316 e. The second kappa shape index (κ2) is 6.50. The molecule has 108 valence electrons. The third-order valence-electron chi connectivity index (χ3n) is 3.34. The van der Waals surface area contributed by atoms with Crippen LogP contribution < -0.4 is 10.0 Å². The molecule has 0 heterocycles. The van der Waals surface area contributed by atoms with Crippen LogP contribution in [0, 0.1) is 12.8 Å². The molecule has 0 radical (unpaired) electrons. The van der Waals surface area contributed by atoms with E-state index in [9.17, 15) is 8.42 Å². The van der Waals surface area contributed by atoms with E-state index in [2.05, 4.69) is 10.0 Å². The molecule has 1 rings (SSSR count). The first-order valence-electron chi connectivity index (χ1n) is 6.54. The molecular weight excluding hydrogens is 260 g/mol. The summed E-state index contributed by atoms with van der Waals surface area (Å²) in [5, 5.41) is 3.05. The standard InChI is InChI=1S/C14H24N2O2S/c1-10(2)12(4)16-19(17,18)14-7-6-11(3)13(8-14)9-15-5/h6-8,10,12,15-16H,9H2,1-5H3. The van der Waals surface area contributed by atoms with Crippen molar-refractivity contribution in [3.63, 3.8) is 0 Å². The Kier molecular flexibility index (Phi) is 5.52.